The maximum Gasteiger partial charge on any atom is 0.306 e. The van der Waals surface area contributed by atoms with Crippen LogP contribution in [0.3, 0.4) is 0 Å². The van der Waals surface area contributed by atoms with Gasteiger partial charge in [-0.2, -0.15) is 0 Å². The average molecular weight is 521 g/mol. The van der Waals surface area contributed by atoms with Crippen LogP contribution in [0.1, 0.15) is 23.1 Å². The highest BCUT2D eigenvalue weighted by Crippen LogP contribution is 2.35. The van der Waals surface area contributed by atoms with Crippen LogP contribution in [0.2, 0.25) is 0 Å². The maximum atomic E-state index is 12.4. The van der Waals surface area contributed by atoms with E-state index in [4.69, 9.17) is 28.4 Å². The van der Waals surface area contributed by atoms with Crippen LogP contribution in [0.5, 0.6) is 0 Å². The van der Waals surface area contributed by atoms with E-state index >= 15 is 0 Å². The van der Waals surface area contributed by atoms with E-state index in [2.05, 4.69) is 0 Å². The lowest BCUT2D eigenvalue weighted by atomic mass is 9.87. The Kier molecular flexibility index (Phi) is 10.9. The van der Waals surface area contributed by atoms with Crippen molar-refractivity contribution in [1.29, 1.82) is 0 Å². The highest BCUT2D eigenvalue weighted by atomic mass is 16.7. The lowest BCUT2D eigenvalue weighted by Crippen LogP contribution is -2.58. The smallest absolute Gasteiger partial charge is 0.306 e. The fraction of sp³-hybridized carbons (Fsp3) is 0.387. The summed E-state index contributed by atoms with van der Waals surface area (Å²) in [6, 6.07) is 29.8. The molecule has 5 atom stereocenters. The molecule has 1 fully saturated rings. The van der Waals surface area contributed by atoms with Crippen molar-refractivity contribution >= 4 is 5.97 Å². The van der Waals surface area contributed by atoms with Gasteiger partial charge in [-0.05, 0) is 16.7 Å². The van der Waals surface area contributed by atoms with Crippen LogP contribution in [0.25, 0.3) is 0 Å². The summed E-state index contributed by atoms with van der Waals surface area (Å²) in [4.78, 5) is 12.4. The number of hydrogen-bond donors (Lipinski definition) is 0. The third kappa shape index (κ3) is 7.96. The summed E-state index contributed by atoms with van der Waals surface area (Å²) in [5.41, 5.74) is 3.11. The van der Waals surface area contributed by atoms with Gasteiger partial charge in [-0.1, -0.05) is 91.0 Å². The van der Waals surface area contributed by atoms with Gasteiger partial charge in [0, 0.05) is 13.0 Å². The Morgan fingerprint density at radius 2 is 1.21 bits per heavy atom. The van der Waals surface area contributed by atoms with Crippen molar-refractivity contribution < 1.29 is 33.2 Å². The zero-order chi connectivity index (χ0) is 26.6. The predicted molar refractivity (Wildman–Crippen MR) is 142 cm³/mol. The van der Waals surface area contributed by atoms with Gasteiger partial charge in [-0.3, -0.25) is 4.79 Å². The van der Waals surface area contributed by atoms with Gasteiger partial charge in [0.25, 0.3) is 0 Å². The van der Waals surface area contributed by atoms with Gasteiger partial charge in [-0.15, -0.1) is 0 Å². The first kappa shape index (κ1) is 28.0. The Hall–Kier alpha value is -3.07. The zero-order valence-electron chi connectivity index (χ0n) is 21.9. The summed E-state index contributed by atoms with van der Waals surface area (Å²) in [5, 5.41) is 0. The molecule has 38 heavy (non-hydrogen) atoms. The topological polar surface area (TPSA) is 72.5 Å². The molecule has 1 aliphatic heterocycles. The molecule has 4 rings (SSSR count). The lowest BCUT2D eigenvalue weighted by molar-refractivity contribution is -0.300. The lowest BCUT2D eigenvalue weighted by Gasteiger charge is -2.45. The van der Waals surface area contributed by atoms with Crippen LogP contribution >= 0.6 is 0 Å². The molecule has 7 nitrogen and oxygen atoms in total. The molecule has 0 aliphatic carbocycles. The molecule has 0 N–H and O–H groups in total. The second-order valence-electron chi connectivity index (χ2n) is 9.25. The molecule has 1 saturated heterocycles. The molecule has 3 aromatic carbocycles. The summed E-state index contributed by atoms with van der Waals surface area (Å²) in [6.07, 6.45) is -2.14. The van der Waals surface area contributed by atoms with E-state index in [9.17, 15) is 4.79 Å². The van der Waals surface area contributed by atoms with Gasteiger partial charge in [0.15, 0.2) is 6.29 Å². The molecule has 0 bridgehead atoms. The molecule has 3 aromatic rings. The minimum Gasteiger partial charge on any atom is -0.469 e. The summed E-state index contributed by atoms with van der Waals surface area (Å²) >= 11 is 0. The highest BCUT2D eigenvalue weighted by Gasteiger charge is 2.48. The van der Waals surface area contributed by atoms with E-state index in [0.717, 1.165) is 16.7 Å². The van der Waals surface area contributed by atoms with Gasteiger partial charge in [0.05, 0.1) is 46.1 Å². The molecular weight excluding hydrogens is 484 g/mol. The van der Waals surface area contributed by atoms with Crippen LogP contribution < -0.4 is 0 Å². The minimum absolute atomic E-state index is 0.0667. The van der Waals surface area contributed by atoms with Crippen molar-refractivity contribution in [3.8, 4) is 0 Å². The Balaban J connectivity index is 1.57. The number of esters is 1. The quantitative estimate of drug-likeness (QED) is 0.296. The van der Waals surface area contributed by atoms with E-state index in [1.165, 1.54) is 7.11 Å². The third-order valence-electron chi connectivity index (χ3n) is 6.60. The average Bonchev–Trinajstić information content (AvgIpc) is 2.97. The van der Waals surface area contributed by atoms with E-state index in [0.29, 0.717) is 19.8 Å². The Morgan fingerprint density at radius 1 is 0.711 bits per heavy atom. The molecular formula is C31H36O7. The molecule has 202 valence electrons. The first-order valence-corrected chi connectivity index (χ1v) is 12.9. The summed E-state index contributed by atoms with van der Waals surface area (Å²) in [5.74, 6) is -0.808. The Morgan fingerprint density at radius 3 is 1.71 bits per heavy atom. The van der Waals surface area contributed by atoms with Gasteiger partial charge in [-0.25, -0.2) is 0 Å². The number of ether oxygens (including phenoxy) is 6. The van der Waals surface area contributed by atoms with Gasteiger partial charge in [0.1, 0.15) is 12.2 Å². The number of carbonyl (C=O) groups is 1. The third-order valence-corrected chi connectivity index (χ3v) is 6.60. The molecule has 0 saturated carbocycles. The van der Waals surface area contributed by atoms with Crippen molar-refractivity contribution in [3.05, 3.63) is 108 Å². The van der Waals surface area contributed by atoms with Gasteiger partial charge >= 0.3 is 5.97 Å². The first-order chi connectivity index (χ1) is 18.7. The first-order valence-electron chi connectivity index (χ1n) is 12.9. The molecule has 0 amide bonds. The number of carbonyl (C=O) groups excluding carboxylic acids is 1. The van der Waals surface area contributed by atoms with Crippen molar-refractivity contribution in [3.63, 3.8) is 0 Å². The summed E-state index contributed by atoms with van der Waals surface area (Å²) < 4.78 is 36.1. The van der Waals surface area contributed by atoms with Crippen LogP contribution in [0, 0.1) is 5.92 Å². The van der Waals surface area contributed by atoms with E-state index in [1.54, 1.807) is 7.11 Å². The SMILES string of the molecule is COC(=O)C[C@H]1[C@H](OC)O[C@H](COCc2ccccc2)[C@@H](OCc2ccccc2)[C@@H]1OCc1ccccc1. The van der Waals surface area contributed by atoms with Crippen molar-refractivity contribution in [2.75, 3.05) is 20.8 Å². The fourth-order valence-corrected chi connectivity index (χ4v) is 4.63. The second-order valence-corrected chi connectivity index (χ2v) is 9.25. The maximum absolute atomic E-state index is 12.4. The van der Waals surface area contributed by atoms with Crippen LogP contribution in [0.15, 0.2) is 91.0 Å². The van der Waals surface area contributed by atoms with Gasteiger partial charge in [0.2, 0.25) is 0 Å². The van der Waals surface area contributed by atoms with Gasteiger partial charge < -0.3 is 28.4 Å². The second kappa shape index (κ2) is 14.8. The molecule has 0 spiro atoms. The number of hydrogen-bond acceptors (Lipinski definition) is 7. The Labute approximate surface area is 224 Å². The van der Waals surface area contributed by atoms with E-state index in [-0.39, 0.29) is 19.0 Å². The van der Waals surface area contributed by atoms with Crippen LogP contribution in [-0.4, -0.2) is 51.4 Å². The summed E-state index contributed by atoms with van der Waals surface area (Å²) in [6.45, 7) is 1.41. The molecule has 0 radical (unpaired) electrons. The highest BCUT2D eigenvalue weighted by molar-refractivity contribution is 5.69. The monoisotopic (exact) mass is 520 g/mol. The number of methoxy groups -OCH3 is 2. The normalized spacial score (nSPS) is 23.2. The largest absolute Gasteiger partial charge is 0.469 e. The van der Waals surface area contributed by atoms with E-state index < -0.39 is 30.5 Å². The molecule has 1 aliphatic rings. The molecule has 7 heteroatoms. The Bertz CT molecular complexity index is 1080. The number of benzene rings is 3. The van der Waals surface area contributed by atoms with Crippen molar-refractivity contribution in [2.45, 2.75) is 50.8 Å². The van der Waals surface area contributed by atoms with Crippen molar-refractivity contribution in [1.82, 2.24) is 0 Å². The molecule has 1 heterocycles. The standard InChI is InChI=1S/C31H36O7/c1-33-28(32)18-26-29(36-20-24-14-8-4-9-15-24)30(37-21-25-16-10-5-11-17-25)27(38-31(26)34-2)22-35-19-23-12-6-3-7-13-23/h3-17,26-27,29-31H,18-22H2,1-2H3/t26-,27-,29-,30-,31-/m1/s1. The molecule has 0 aromatic heterocycles. The molecule has 0 unspecified atom stereocenters. The minimum atomic E-state index is -0.697. The van der Waals surface area contributed by atoms with Crippen LogP contribution in [-0.2, 0) is 53.0 Å². The zero-order valence-corrected chi connectivity index (χ0v) is 21.9. The summed E-state index contributed by atoms with van der Waals surface area (Å²) in [7, 11) is 2.94. The predicted octanol–water partition coefficient (Wildman–Crippen LogP) is 4.92. The van der Waals surface area contributed by atoms with E-state index in [1.807, 2.05) is 91.0 Å². The number of rotatable bonds is 13. The fourth-order valence-electron chi connectivity index (χ4n) is 4.63. The van der Waals surface area contributed by atoms with Crippen molar-refractivity contribution in [2.24, 2.45) is 5.92 Å². The van der Waals surface area contributed by atoms with Crippen LogP contribution in [0.4, 0.5) is 0 Å².